The van der Waals surface area contributed by atoms with Gasteiger partial charge in [-0.3, -0.25) is 9.59 Å². The SMILES string of the molecule is C[Si](C)(C)[C@H](CC(=O)O)C(=O)O. The topological polar surface area (TPSA) is 74.6 Å². The molecule has 70 valence electrons. The van der Waals surface area contributed by atoms with Crippen molar-refractivity contribution in [2.75, 3.05) is 0 Å². The van der Waals surface area contributed by atoms with Gasteiger partial charge in [0.1, 0.15) is 0 Å². The van der Waals surface area contributed by atoms with Crippen LogP contribution >= 0.6 is 0 Å². The van der Waals surface area contributed by atoms with E-state index in [1.807, 2.05) is 19.6 Å². The van der Waals surface area contributed by atoms with Crippen molar-refractivity contribution in [1.82, 2.24) is 0 Å². The van der Waals surface area contributed by atoms with Crippen LogP contribution in [0, 0.1) is 0 Å². The Morgan fingerprint density at radius 3 is 1.75 bits per heavy atom. The minimum atomic E-state index is -1.89. The largest absolute Gasteiger partial charge is 0.481 e. The van der Waals surface area contributed by atoms with E-state index < -0.39 is 25.6 Å². The number of carboxylic acid groups (broad SMARTS) is 2. The number of carbonyl (C=O) groups is 2. The molecule has 1 atom stereocenters. The molecule has 0 unspecified atom stereocenters. The smallest absolute Gasteiger partial charge is 0.304 e. The van der Waals surface area contributed by atoms with Gasteiger partial charge in [-0.2, -0.15) is 0 Å². The highest BCUT2D eigenvalue weighted by Gasteiger charge is 2.34. The summed E-state index contributed by atoms with van der Waals surface area (Å²) in [6, 6.07) is 0. The molecule has 0 amide bonds. The maximum atomic E-state index is 10.7. The van der Waals surface area contributed by atoms with Gasteiger partial charge in [-0.05, 0) is 0 Å². The number of hydrogen-bond acceptors (Lipinski definition) is 2. The molecule has 5 heteroatoms. The second-order valence-corrected chi connectivity index (χ2v) is 9.28. The Morgan fingerprint density at radius 1 is 1.25 bits per heavy atom. The average molecular weight is 190 g/mol. The fourth-order valence-electron chi connectivity index (χ4n) is 0.939. The van der Waals surface area contributed by atoms with Gasteiger partial charge >= 0.3 is 11.9 Å². The van der Waals surface area contributed by atoms with Crippen molar-refractivity contribution in [1.29, 1.82) is 0 Å². The summed E-state index contributed by atoms with van der Waals surface area (Å²) in [5, 5.41) is 17.2. The van der Waals surface area contributed by atoms with Crippen LogP contribution in [0.15, 0.2) is 0 Å². The Kier molecular flexibility index (Phi) is 3.45. The van der Waals surface area contributed by atoms with Gasteiger partial charge < -0.3 is 10.2 Å². The first-order chi connectivity index (χ1) is 5.25. The van der Waals surface area contributed by atoms with Crippen LogP contribution in [-0.2, 0) is 9.59 Å². The predicted molar refractivity (Wildman–Crippen MR) is 47.0 cm³/mol. The molecule has 0 spiro atoms. The third kappa shape index (κ3) is 3.52. The number of rotatable bonds is 4. The van der Waals surface area contributed by atoms with Crippen LogP contribution in [0.25, 0.3) is 0 Å². The van der Waals surface area contributed by atoms with Crippen LogP contribution in [0.3, 0.4) is 0 Å². The Labute approximate surface area is 72.2 Å². The summed E-state index contributed by atoms with van der Waals surface area (Å²) < 4.78 is 0. The zero-order valence-corrected chi connectivity index (χ0v) is 8.50. The highest BCUT2D eigenvalue weighted by atomic mass is 28.3. The van der Waals surface area contributed by atoms with Crippen LogP contribution in [-0.4, -0.2) is 30.2 Å². The monoisotopic (exact) mass is 190 g/mol. The molecule has 0 aliphatic carbocycles. The van der Waals surface area contributed by atoms with E-state index in [1.165, 1.54) is 0 Å². The second-order valence-electron chi connectivity index (χ2n) is 3.85. The molecule has 0 heterocycles. The Morgan fingerprint density at radius 2 is 1.67 bits per heavy atom. The Hall–Kier alpha value is -0.843. The molecule has 0 aliphatic heterocycles. The lowest BCUT2D eigenvalue weighted by atomic mass is 10.3. The summed E-state index contributed by atoms with van der Waals surface area (Å²) in [6.07, 6.45) is -0.259. The summed E-state index contributed by atoms with van der Waals surface area (Å²) in [5.74, 6) is -2.03. The molecule has 2 N–H and O–H groups in total. The van der Waals surface area contributed by atoms with Crippen LogP contribution in [0.2, 0.25) is 25.2 Å². The van der Waals surface area contributed by atoms with Gasteiger partial charge in [0.15, 0.2) is 0 Å². The normalized spacial score (nSPS) is 13.9. The van der Waals surface area contributed by atoms with Gasteiger partial charge in [-0.15, -0.1) is 0 Å². The van der Waals surface area contributed by atoms with E-state index >= 15 is 0 Å². The molecule has 0 fully saturated rings. The maximum Gasteiger partial charge on any atom is 0.304 e. The third-order valence-electron chi connectivity index (χ3n) is 1.72. The molecule has 0 saturated carbocycles. The van der Waals surface area contributed by atoms with Crippen molar-refractivity contribution in [3.05, 3.63) is 0 Å². The van der Waals surface area contributed by atoms with Crippen LogP contribution in [0.1, 0.15) is 6.42 Å². The fraction of sp³-hybridized carbons (Fsp3) is 0.714. The van der Waals surface area contributed by atoms with E-state index in [2.05, 4.69) is 0 Å². The molecular weight excluding hydrogens is 176 g/mol. The maximum absolute atomic E-state index is 10.7. The van der Waals surface area contributed by atoms with Crippen LogP contribution in [0.4, 0.5) is 0 Å². The highest BCUT2D eigenvalue weighted by Crippen LogP contribution is 2.25. The van der Waals surface area contributed by atoms with Crippen molar-refractivity contribution in [2.24, 2.45) is 0 Å². The van der Waals surface area contributed by atoms with Gasteiger partial charge in [-0.25, -0.2) is 0 Å². The predicted octanol–water partition coefficient (Wildman–Crippen LogP) is 1.25. The first-order valence-electron chi connectivity index (χ1n) is 3.69. The molecule has 0 aromatic rings. The lowest BCUT2D eigenvalue weighted by molar-refractivity contribution is -0.143. The molecule has 0 rings (SSSR count). The van der Waals surface area contributed by atoms with Gasteiger partial charge in [0.2, 0.25) is 0 Å². The molecule has 12 heavy (non-hydrogen) atoms. The van der Waals surface area contributed by atoms with Gasteiger partial charge in [-0.1, -0.05) is 19.6 Å². The van der Waals surface area contributed by atoms with Crippen molar-refractivity contribution >= 4 is 20.0 Å². The van der Waals surface area contributed by atoms with Crippen molar-refractivity contribution in [2.45, 2.75) is 31.6 Å². The van der Waals surface area contributed by atoms with E-state index in [0.717, 1.165) is 0 Å². The lowest BCUT2D eigenvalue weighted by Gasteiger charge is -2.23. The van der Waals surface area contributed by atoms with E-state index in [4.69, 9.17) is 10.2 Å². The van der Waals surface area contributed by atoms with Crippen molar-refractivity contribution in [3.8, 4) is 0 Å². The highest BCUT2D eigenvalue weighted by molar-refractivity contribution is 6.80. The summed E-state index contributed by atoms with van der Waals surface area (Å²) in [7, 11) is -1.89. The van der Waals surface area contributed by atoms with Crippen LogP contribution < -0.4 is 0 Å². The van der Waals surface area contributed by atoms with Gasteiger partial charge in [0.05, 0.1) is 20.0 Å². The molecule has 0 bridgehead atoms. The first-order valence-corrected chi connectivity index (χ1v) is 7.27. The summed E-state index contributed by atoms with van der Waals surface area (Å²) in [6.45, 7) is 5.57. The van der Waals surface area contributed by atoms with E-state index in [9.17, 15) is 9.59 Å². The van der Waals surface area contributed by atoms with Gasteiger partial charge in [0, 0.05) is 0 Å². The zero-order chi connectivity index (χ0) is 9.94. The van der Waals surface area contributed by atoms with Crippen LogP contribution in [0.5, 0.6) is 0 Å². The van der Waals surface area contributed by atoms with E-state index in [-0.39, 0.29) is 6.42 Å². The Balaban J connectivity index is 4.46. The molecule has 0 saturated heterocycles. The zero-order valence-electron chi connectivity index (χ0n) is 7.50. The van der Waals surface area contributed by atoms with Crippen molar-refractivity contribution in [3.63, 3.8) is 0 Å². The third-order valence-corrected chi connectivity index (χ3v) is 4.26. The second kappa shape index (κ2) is 3.71. The summed E-state index contributed by atoms with van der Waals surface area (Å²) in [4.78, 5) is 21.0. The summed E-state index contributed by atoms with van der Waals surface area (Å²) in [5.41, 5.74) is -0.685. The van der Waals surface area contributed by atoms with Crippen molar-refractivity contribution < 1.29 is 19.8 Å². The minimum Gasteiger partial charge on any atom is -0.481 e. The van der Waals surface area contributed by atoms with E-state index in [0.29, 0.717) is 0 Å². The quantitative estimate of drug-likeness (QED) is 0.654. The molecule has 0 aromatic carbocycles. The summed E-state index contributed by atoms with van der Waals surface area (Å²) >= 11 is 0. The first kappa shape index (κ1) is 11.2. The van der Waals surface area contributed by atoms with E-state index in [1.54, 1.807) is 0 Å². The number of hydrogen-bond donors (Lipinski definition) is 2. The number of carboxylic acids is 2. The Bertz CT molecular complexity index is 194. The average Bonchev–Trinajstić information content (AvgIpc) is 1.79. The van der Waals surface area contributed by atoms with Gasteiger partial charge in [0.25, 0.3) is 0 Å². The molecule has 0 aliphatic rings. The lowest BCUT2D eigenvalue weighted by Crippen LogP contribution is -2.35. The number of aliphatic carboxylic acids is 2. The molecule has 0 radical (unpaired) electrons. The molecule has 4 nitrogen and oxygen atoms in total. The molecule has 0 aromatic heterocycles. The standard InChI is InChI=1S/C7H14O4Si/c1-12(2,3)5(7(10)11)4-6(8)9/h5H,4H2,1-3H3,(H,8,9)(H,10,11)/t5-/m1/s1. The fourth-order valence-corrected chi connectivity index (χ4v) is 2.47. The molecular formula is C7H14O4Si. The minimum absolute atomic E-state index is 0.259.